The smallest absolute Gasteiger partial charge is 0.339 e. The molecule has 26 heavy (non-hydrogen) atoms. The summed E-state index contributed by atoms with van der Waals surface area (Å²) in [5, 5.41) is 14.9. The van der Waals surface area contributed by atoms with Crippen molar-refractivity contribution in [2.45, 2.75) is 13.5 Å². The number of hydrogen-bond acceptors (Lipinski definition) is 5. The van der Waals surface area contributed by atoms with E-state index in [1.54, 1.807) is 26.1 Å². The number of hydrogen-bond donors (Lipinski definition) is 1. The van der Waals surface area contributed by atoms with E-state index in [1.165, 1.54) is 21.4 Å². The molecule has 0 bridgehead atoms. The van der Waals surface area contributed by atoms with Crippen LogP contribution in [0, 0.1) is 12.7 Å². The maximum absolute atomic E-state index is 13.2. The molecule has 0 atom stereocenters. The van der Waals surface area contributed by atoms with Gasteiger partial charge in [0.2, 0.25) is 0 Å². The van der Waals surface area contributed by atoms with Crippen LogP contribution in [0.3, 0.4) is 0 Å². The lowest BCUT2D eigenvalue weighted by Gasteiger charge is -2.11. The molecule has 132 valence electrons. The van der Waals surface area contributed by atoms with Crippen molar-refractivity contribution in [1.82, 2.24) is 14.3 Å². The summed E-state index contributed by atoms with van der Waals surface area (Å²) in [6, 6.07) is 6.63. The summed E-state index contributed by atoms with van der Waals surface area (Å²) in [4.78, 5) is 24.7. The van der Waals surface area contributed by atoms with Crippen molar-refractivity contribution in [3.63, 3.8) is 0 Å². The molecule has 0 unspecified atom stereocenters. The molecule has 1 aromatic carbocycles. The molecular formula is C18H14FN3O4. The average Bonchev–Trinajstić information content (AvgIpc) is 2.87. The fraction of sp³-hybridized carbons (Fsp3) is 0.167. The molecule has 8 heteroatoms. The van der Waals surface area contributed by atoms with E-state index in [1.807, 2.05) is 0 Å². The van der Waals surface area contributed by atoms with E-state index >= 15 is 0 Å². The number of aromatic hydroxyl groups is 1. The second-order valence-electron chi connectivity index (χ2n) is 6.08. The number of aryl methyl sites for hydroxylation is 2. The fourth-order valence-electron chi connectivity index (χ4n) is 3.24. The highest BCUT2D eigenvalue weighted by Crippen LogP contribution is 2.29. The van der Waals surface area contributed by atoms with Gasteiger partial charge in [0.05, 0.1) is 23.7 Å². The SMILES string of the molecule is Cc1nn(C)c2c1c1oc(=O)cc(O)c1c(=O)n2Cc1ccc(F)cc1. The van der Waals surface area contributed by atoms with Gasteiger partial charge in [0.15, 0.2) is 5.58 Å². The van der Waals surface area contributed by atoms with Crippen molar-refractivity contribution in [3.8, 4) is 5.75 Å². The first-order valence-electron chi connectivity index (χ1n) is 7.84. The lowest BCUT2D eigenvalue weighted by molar-refractivity contribution is 0.467. The van der Waals surface area contributed by atoms with Crippen LogP contribution < -0.4 is 11.2 Å². The van der Waals surface area contributed by atoms with Crippen LogP contribution in [0.25, 0.3) is 22.0 Å². The molecule has 0 amide bonds. The van der Waals surface area contributed by atoms with Gasteiger partial charge >= 0.3 is 5.63 Å². The lowest BCUT2D eigenvalue weighted by Crippen LogP contribution is -2.23. The first-order chi connectivity index (χ1) is 12.4. The molecule has 0 fully saturated rings. The molecule has 7 nitrogen and oxygen atoms in total. The molecule has 0 aliphatic heterocycles. The number of fused-ring (bicyclic) bond motifs is 3. The topological polar surface area (TPSA) is 90.3 Å². The normalized spacial score (nSPS) is 11.5. The summed E-state index contributed by atoms with van der Waals surface area (Å²) in [6.45, 7) is 1.86. The van der Waals surface area contributed by atoms with Gasteiger partial charge in [0.25, 0.3) is 5.56 Å². The molecule has 1 N–H and O–H groups in total. The van der Waals surface area contributed by atoms with Gasteiger partial charge in [-0.05, 0) is 24.6 Å². The van der Waals surface area contributed by atoms with E-state index in [4.69, 9.17) is 4.42 Å². The van der Waals surface area contributed by atoms with E-state index in [-0.39, 0.29) is 23.3 Å². The second-order valence-corrected chi connectivity index (χ2v) is 6.08. The molecule has 4 rings (SSSR count). The third-order valence-electron chi connectivity index (χ3n) is 4.33. The van der Waals surface area contributed by atoms with Crippen molar-refractivity contribution >= 4 is 22.0 Å². The van der Waals surface area contributed by atoms with E-state index < -0.39 is 16.9 Å². The van der Waals surface area contributed by atoms with Crippen LogP contribution in [0.1, 0.15) is 11.3 Å². The predicted octanol–water partition coefficient (Wildman–Crippen LogP) is 2.04. The third-order valence-corrected chi connectivity index (χ3v) is 4.33. The third kappa shape index (κ3) is 2.30. The van der Waals surface area contributed by atoms with Crippen LogP contribution in [0.2, 0.25) is 0 Å². The molecule has 0 aliphatic rings. The largest absolute Gasteiger partial charge is 0.507 e. The average molecular weight is 355 g/mol. The van der Waals surface area contributed by atoms with Crippen LogP contribution in [0.4, 0.5) is 4.39 Å². The van der Waals surface area contributed by atoms with Gasteiger partial charge in [-0.2, -0.15) is 5.10 Å². The Hall–Kier alpha value is -3.42. The number of rotatable bonds is 2. The second kappa shape index (κ2) is 5.55. The highest BCUT2D eigenvalue weighted by atomic mass is 19.1. The van der Waals surface area contributed by atoms with E-state index in [9.17, 15) is 19.1 Å². The maximum atomic E-state index is 13.2. The Morgan fingerprint density at radius 2 is 1.88 bits per heavy atom. The minimum atomic E-state index is -0.754. The van der Waals surface area contributed by atoms with Gasteiger partial charge in [-0.15, -0.1) is 0 Å². The molecule has 0 saturated carbocycles. The van der Waals surface area contributed by atoms with Crippen molar-refractivity contribution in [3.05, 3.63) is 68.2 Å². The number of pyridine rings is 1. The molecule has 0 radical (unpaired) electrons. The zero-order valence-corrected chi connectivity index (χ0v) is 14.0. The fourth-order valence-corrected chi connectivity index (χ4v) is 3.24. The van der Waals surface area contributed by atoms with Crippen LogP contribution in [-0.2, 0) is 13.6 Å². The zero-order chi connectivity index (χ0) is 18.6. The number of aromatic nitrogens is 3. The van der Waals surface area contributed by atoms with Gasteiger partial charge in [0, 0.05) is 7.05 Å². The van der Waals surface area contributed by atoms with Crippen molar-refractivity contribution < 1.29 is 13.9 Å². The Balaban J connectivity index is 2.14. The minimum Gasteiger partial charge on any atom is -0.507 e. The van der Waals surface area contributed by atoms with Gasteiger partial charge in [0.1, 0.15) is 22.6 Å². The Morgan fingerprint density at radius 3 is 2.58 bits per heavy atom. The van der Waals surface area contributed by atoms with Crippen molar-refractivity contribution in [2.24, 2.45) is 7.05 Å². The van der Waals surface area contributed by atoms with Crippen LogP contribution in [0.15, 0.2) is 44.3 Å². The summed E-state index contributed by atoms with van der Waals surface area (Å²) in [5.74, 6) is -0.820. The molecule has 0 spiro atoms. The first kappa shape index (κ1) is 16.1. The Bertz CT molecular complexity index is 1280. The summed E-state index contributed by atoms with van der Waals surface area (Å²) >= 11 is 0. The van der Waals surface area contributed by atoms with Gasteiger partial charge < -0.3 is 9.52 Å². The molecule has 0 saturated heterocycles. The standard InChI is InChI=1S/C18H14FN3O4/c1-9-14-16-15(12(23)7-13(24)26-16)18(25)22(17(14)21(2)20-9)8-10-3-5-11(19)6-4-10/h3-7,23H,8H2,1-2H3. The summed E-state index contributed by atoms with van der Waals surface area (Å²) in [6.07, 6.45) is 0. The Labute approximate surface area is 145 Å². The number of halogens is 1. The van der Waals surface area contributed by atoms with E-state index in [0.717, 1.165) is 6.07 Å². The van der Waals surface area contributed by atoms with Crippen LogP contribution in [0.5, 0.6) is 5.75 Å². The van der Waals surface area contributed by atoms with Gasteiger partial charge in [-0.25, -0.2) is 9.18 Å². The van der Waals surface area contributed by atoms with E-state index in [2.05, 4.69) is 5.10 Å². The zero-order valence-electron chi connectivity index (χ0n) is 14.0. The lowest BCUT2D eigenvalue weighted by atomic mass is 10.1. The first-order valence-corrected chi connectivity index (χ1v) is 7.84. The Kier molecular flexibility index (Phi) is 3.43. The van der Waals surface area contributed by atoms with Crippen molar-refractivity contribution in [2.75, 3.05) is 0 Å². The highest BCUT2D eigenvalue weighted by Gasteiger charge is 2.22. The number of benzene rings is 1. The summed E-state index contributed by atoms with van der Waals surface area (Å²) < 4.78 is 21.3. The summed E-state index contributed by atoms with van der Waals surface area (Å²) in [5.41, 5.74) is 0.421. The van der Waals surface area contributed by atoms with Crippen LogP contribution >= 0.6 is 0 Å². The van der Waals surface area contributed by atoms with Crippen LogP contribution in [-0.4, -0.2) is 19.5 Å². The Morgan fingerprint density at radius 1 is 1.19 bits per heavy atom. The molecule has 3 aromatic heterocycles. The minimum absolute atomic E-state index is 0.0101. The molecule has 4 aromatic rings. The number of nitrogens with zero attached hydrogens (tertiary/aromatic N) is 3. The monoisotopic (exact) mass is 355 g/mol. The predicted molar refractivity (Wildman–Crippen MR) is 92.9 cm³/mol. The molecule has 3 heterocycles. The van der Waals surface area contributed by atoms with Gasteiger partial charge in [-0.3, -0.25) is 14.0 Å². The molecular weight excluding hydrogens is 341 g/mol. The van der Waals surface area contributed by atoms with Gasteiger partial charge in [-0.1, -0.05) is 12.1 Å². The highest BCUT2D eigenvalue weighted by molar-refractivity contribution is 6.04. The summed E-state index contributed by atoms with van der Waals surface area (Å²) in [7, 11) is 1.67. The maximum Gasteiger partial charge on any atom is 0.339 e. The van der Waals surface area contributed by atoms with Crippen molar-refractivity contribution in [1.29, 1.82) is 0 Å². The quantitative estimate of drug-likeness (QED) is 0.594. The molecule has 0 aliphatic carbocycles. The van der Waals surface area contributed by atoms with E-state index in [0.29, 0.717) is 22.3 Å².